The Kier molecular flexibility index (Phi) is 4.68. The summed E-state index contributed by atoms with van der Waals surface area (Å²) in [6.07, 6.45) is 1.89. The predicted octanol–water partition coefficient (Wildman–Crippen LogP) is 4.86. The minimum Gasteiger partial charge on any atom is -0.324 e. The van der Waals surface area contributed by atoms with Gasteiger partial charge in [0.15, 0.2) is 0 Å². The summed E-state index contributed by atoms with van der Waals surface area (Å²) in [7, 11) is 0. The van der Waals surface area contributed by atoms with E-state index in [0.717, 1.165) is 18.4 Å². The van der Waals surface area contributed by atoms with E-state index in [4.69, 9.17) is 28.9 Å². The summed E-state index contributed by atoms with van der Waals surface area (Å²) in [5.74, 6) is 0. The molecule has 0 fully saturated rings. The number of hydrogen-bond donors (Lipinski definition) is 1. The summed E-state index contributed by atoms with van der Waals surface area (Å²) in [6, 6.07) is 9.73. The molecule has 0 radical (unpaired) electrons. The van der Waals surface area contributed by atoms with Gasteiger partial charge in [0.05, 0.1) is 0 Å². The zero-order chi connectivity index (χ0) is 13.1. The molecule has 0 aliphatic carbocycles. The van der Waals surface area contributed by atoms with Crippen molar-refractivity contribution in [2.45, 2.75) is 25.8 Å². The molecule has 1 atom stereocenters. The van der Waals surface area contributed by atoms with Crippen molar-refractivity contribution in [3.63, 3.8) is 0 Å². The van der Waals surface area contributed by atoms with Crippen molar-refractivity contribution in [3.8, 4) is 0 Å². The topological polar surface area (TPSA) is 26.0 Å². The first-order valence-corrected chi connectivity index (χ1v) is 7.45. The molecule has 0 aliphatic heterocycles. The number of thiophene rings is 1. The summed E-state index contributed by atoms with van der Waals surface area (Å²) >= 11 is 13.8. The Hall–Kier alpha value is -0.540. The van der Waals surface area contributed by atoms with Gasteiger partial charge in [0.25, 0.3) is 0 Å². The van der Waals surface area contributed by atoms with Gasteiger partial charge >= 0.3 is 0 Å². The van der Waals surface area contributed by atoms with E-state index < -0.39 is 0 Å². The van der Waals surface area contributed by atoms with Crippen molar-refractivity contribution < 1.29 is 0 Å². The standard InChI is InChI=1S/C14H15Cl2NS/c1-2-12-3-4-13(18-12)8-14(17)9-5-10(15)7-11(16)6-9/h3-7,14H,2,8,17H2,1H3. The highest BCUT2D eigenvalue weighted by molar-refractivity contribution is 7.11. The Balaban J connectivity index is 2.13. The average Bonchev–Trinajstić information content (AvgIpc) is 2.75. The lowest BCUT2D eigenvalue weighted by molar-refractivity contribution is 0.730. The third kappa shape index (κ3) is 3.48. The van der Waals surface area contributed by atoms with Gasteiger partial charge in [-0.25, -0.2) is 0 Å². The normalized spacial score (nSPS) is 12.7. The second-order valence-electron chi connectivity index (χ2n) is 4.23. The second kappa shape index (κ2) is 6.07. The first-order valence-electron chi connectivity index (χ1n) is 5.87. The van der Waals surface area contributed by atoms with Gasteiger partial charge < -0.3 is 5.73 Å². The maximum Gasteiger partial charge on any atom is 0.0424 e. The fraction of sp³-hybridized carbons (Fsp3) is 0.286. The van der Waals surface area contributed by atoms with Gasteiger partial charge in [0, 0.05) is 32.3 Å². The molecule has 0 bridgehead atoms. The maximum atomic E-state index is 6.20. The molecular formula is C14H15Cl2NS. The monoisotopic (exact) mass is 299 g/mol. The highest BCUT2D eigenvalue weighted by Gasteiger charge is 2.10. The molecule has 1 aromatic carbocycles. The molecule has 4 heteroatoms. The van der Waals surface area contributed by atoms with Gasteiger partial charge in [-0.1, -0.05) is 30.1 Å². The minimum absolute atomic E-state index is 0.0652. The van der Waals surface area contributed by atoms with E-state index in [1.165, 1.54) is 9.75 Å². The first-order chi connectivity index (χ1) is 8.58. The van der Waals surface area contributed by atoms with Crippen LogP contribution in [-0.4, -0.2) is 0 Å². The molecule has 1 nitrogen and oxygen atoms in total. The summed E-state index contributed by atoms with van der Waals surface area (Å²) in [4.78, 5) is 2.69. The van der Waals surface area contributed by atoms with Crippen LogP contribution in [0.3, 0.4) is 0 Å². The van der Waals surface area contributed by atoms with E-state index >= 15 is 0 Å². The van der Waals surface area contributed by atoms with Crippen LogP contribution in [0, 0.1) is 0 Å². The van der Waals surface area contributed by atoms with E-state index in [-0.39, 0.29) is 6.04 Å². The summed E-state index contributed by atoms with van der Waals surface area (Å²) < 4.78 is 0. The fourth-order valence-corrected chi connectivity index (χ4v) is 3.40. The van der Waals surface area contributed by atoms with Crippen LogP contribution in [0.2, 0.25) is 10.0 Å². The summed E-state index contributed by atoms with van der Waals surface area (Å²) in [5, 5.41) is 1.27. The van der Waals surface area contributed by atoms with Crippen LogP contribution < -0.4 is 5.73 Å². The lowest BCUT2D eigenvalue weighted by atomic mass is 10.0. The zero-order valence-electron chi connectivity index (χ0n) is 10.1. The number of halogens is 2. The van der Waals surface area contributed by atoms with Crippen molar-refractivity contribution in [2.24, 2.45) is 5.73 Å². The van der Waals surface area contributed by atoms with Crippen molar-refractivity contribution in [1.82, 2.24) is 0 Å². The zero-order valence-corrected chi connectivity index (χ0v) is 12.4. The van der Waals surface area contributed by atoms with Gasteiger partial charge in [0.1, 0.15) is 0 Å². The molecule has 18 heavy (non-hydrogen) atoms. The lowest BCUT2D eigenvalue weighted by Gasteiger charge is -2.11. The van der Waals surface area contributed by atoms with Gasteiger partial charge in [-0.2, -0.15) is 0 Å². The average molecular weight is 300 g/mol. The molecule has 0 spiro atoms. The Morgan fingerprint density at radius 2 is 1.72 bits per heavy atom. The summed E-state index contributed by atoms with van der Waals surface area (Å²) in [6.45, 7) is 2.16. The van der Waals surface area contributed by atoms with E-state index in [1.807, 2.05) is 23.5 Å². The number of rotatable bonds is 4. The highest BCUT2D eigenvalue weighted by Crippen LogP contribution is 2.26. The van der Waals surface area contributed by atoms with Crippen LogP contribution in [0.15, 0.2) is 30.3 Å². The molecule has 1 unspecified atom stereocenters. The summed E-state index contributed by atoms with van der Waals surface area (Å²) in [5.41, 5.74) is 7.19. The molecule has 2 aromatic rings. The van der Waals surface area contributed by atoms with Gasteiger partial charge in [-0.05, 0) is 42.3 Å². The van der Waals surface area contributed by atoms with Crippen LogP contribution >= 0.6 is 34.5 Å². The third-order valence-corrected chi connectivity index (χ3v) is 4.49. The SMILES string of the molecule is CCc1ccc(CC(N)c2cc(Cl)cc(Cl)c2)s1. The van der Waals surface area contributed by atoms with Gasteiger partial charge in [-0.15, -0.1) is 11.3 Å². The van der Waals surface area contributed by atoms with Crippen LogP contribution in [0.1, 0.15) is 28.3 Å². The number of benzene rings is 1. The third-order valence-electron chi connectivity index (χ3n) is 2.80. The molecule has 96 valence electrons. The maximum absolute atomic E-state index is 6.20. The van der Waals surface area contributed by atoms with E-state index in [9.17, 15) is 0 Å². The predicted molar refractivity (Wildman–Crippen MR) is 80.8 cm³/mol. The molecule has 0 amide bonds. The van der Waals surface area contributed by atoms with Crippen LogP contribution in [0.4, 0.5) is 0 Å². The molecule has 2 N–H and O–H groups in total. The Bertz CT molecular complexity index is 516. The minimum atomic E-state index is -0.0652. The number of aryl methyl sites for hydroxylation is 1. The van der Waals surface area contributed by atoms with Gasteiger partial charge in [0.2, 0.25) is 0 Å². The number of hydrogen-bond acceptors (Lipinski definition) is 2. The molecule has 1 heterocycles. The smallest absolute Gasteiger partial charge is 0.0424 e. The first kappa shape index (κ1) is 13.9. The molecule has 0 aliphatic rings. The van der Waals surface area contributed by atoms with E-state index in [1.54, 1.807) is 6.07 Å². The van der Waals surface area contributed by atoms with Crippen molar-refractivity contribution >= 4 is 34.5 Å². The number of nitrogens with two attached hydrogens (primary N) is 1. The highest BCUT2D eigenvalue weighted by atomic mass is 35.5. The van der Waals surface area contributed by atoms with Crippen molar-refractivity contribution in [2.75, 3.05) is 0 Å². The lowest BCUT2D eigenvalue weighted by Crippen LogP contribution is -2.12. The Morgan fingerprint density at radius 3 is 2.28 bits per heavy atom. The second-order valence-corrected chi connectivity index (χ2v) is 6.36. The molecular weight excluding hydrogens is 285 g/mol. The fourth-order valence-electron chi connectivity index (χ4n) is 1.85. The van der Waals surface area contributed by atoms with Crippen molar-refractivity contribution in [1.29, 1.82) is 0 Å². The van der Waals surface area contributed by atoms with Gasteiger partial charge in [-0.3, -0.25) is 0 Å². The van der Waals surface area contributed by atoms with Crippen LogP contribution in [0.25, 0.3) is 0 Å². The van der Waals surface area contributed by atoms with E-state index in [2.05, 4.69) is 19.1 Å². The Morgan fingerprint density at radius 1 is 1.11 bits per heavy atom. The largest absolute Gasteiger partial charge is 0.324 e. The molecule has 1 aromatic heterocycles. The molecule has 0 saturated heterocycles. The quantitative estimate of drug-likeness (QED) is 0.857. The van der Waals surface area contributed by atoms with Crippen molar-refractivity contribution in [3.05, 3.63) is 55.7 Å². The van der Waals surface area contributed by atoms with Crippen LogP contribution in [-0.2, 0) is 12.8 Å². The van der Waals surface area contributed by atoms with E-state index in [0.29, 0.717) is 10.0 Å². The Labute approximate surface area is 122 Å². The van der Waals surface area contributed by atoms with Crippen LogP contribution in [0.5, 0.6) is 0 Å². The molecule has 0 saturated carbocycles. The molecule has 2 rings (SSSR count).